The SMILES string of the molecule is Nc1nccn1S.O. The van der Waals surface area contributed by atoms with E-state index in [-0.39, 0.29) is 5.48 Å². The van der Waals surface area contributed by atoms with Crippen molar-refractivity contribution in [1.29, 1.82) is 0 Å². The van der Waals surface area contributed by atoms with E-state index in [0.29, 0.717) is 5.95 Å². The number of thiol groups is 1. The van der Waals surface area contributed by atoms with Gasteiger partial charge in [-0.2, -0.15) is 0 Å². The Balaban J connectivity index is 0.000000490. The molecule has 0 aliphatic heterocycles. The van der Waals surface area contributed by atoms with Crippen molar-refractivity contribution in [2.24, 2.45) is 0 Å². The topological polar surface area (TPSA) is 75.3 Å². The average Bonchev–Trinajstić information content (AvgIpc) is 1.91. The minimum Gasteiger partial charge on any atom is -0.412 e. The lowest BCUT2D eigenvalue weighted by atomic mass is 11.0. The minimum atomic E-state index is 0. The van der Waals surface area contributed by atoms with E-state index in [1.54, 1.807) is 12.4 Å². The zero-order valence-corrected chi connectivity index (χ0v) is 4.97. The Labute approximate surface area is 52.2 Å². The summed E-state index contributed by atoms with van der Waals surface area (Å²) in [6.45, 7) is 0. The molecule has 0 aromatic carbocycles. The van der Waals surface area contributed by atoms with Crippen molar-refractivity contribution in [2.45, 2.75) is 0 Å². The minimum absolute atomic E-state index is 0. The highest BCUT2D eigenvalue weighted by Gasteiger charge is 1.85. The van der Waals surface area contributed by atoms with E-state index in [1.807, 2.05) is 0 Å². The van der Waals surface area contributed by atoms with Gasteiger partial charge in [-0.05, 0) is 0 Å². The zero-order chi connectivity index (χ0) is 5.28. The van der Waals surface area contributed by atoms with Crippen LogP contribution >= 0.6 is 12.8 Å². The number of rotatable bonds is 0. The summed E-state index contributed by atoms with van der Waals surface area (Å²) in [7, 11) is 0. The monoisotopic (exact) mass is 133 g/mol. The van der Waals surface area contributed by atoms with E-state index in [9.17, 15) is 0 Å². The molecule has 0 amide bonds. The number of hydrogen-bond acceptors (Lipinski definition) is 3. The Bertz CT molecular complexity index is 147. The molecule has 1 aromatic rings. The standard InChI is InChI=1S/C3H5N3S.H2O/c4-3-5-1-2-6(3)7;/h1-2,7H,(H2,4,5);1H2. The summed E-state index contributed by atoms with van der Waals surface area (Å²) < 4.78 is 1.44. The fourth-order valence-corrected chi connectivity index (χ4v) is 0.420. The van der Waals surface area contributed by atoms with Crippen LogP contribution in [0.5, 0.6) is 0 Å². The van der Waals surface area contributed by atoms with E-state index < -0.39 is 0 Å². The Kier molecular flexibility index (Phi) is 2.36. The summed E-state index contributed by atoms with van der Waals surface area (Å²) >= 11 is 3.88. The third-order valence-electron chi connectivity index (χ3n) is 0.649. The van der Waals surface area contributed by atoms with Crippen molar-refractivity contribution in [3.05, 3.63) is 12.4 Å². The van der Waals surface area contributed by atoms with Crippen LogP contribution in [-0.2, 0) is 0 Å². The second-order valence-electron chi connectivity index (χ2n) is 1.13. The third-order valence-corrected chi connectivity index (χ3v) is 0.988. The molecule has 1 aromatic heterocycles. The van der Waals surface area contributed by atoms with Crippen molar-refractivity contribution in [3.8, 4) is 0 Å². The molecule has 0 aliphatic carbocycles. The quantitative estimate of drug-likeness (QED) is 0.461. The lowest BCUT2D eigenvalue weighted by molar-refractivity contribution is 0.824. The highest BCUT2D eigenvalue weighted by molar-refractivity contribution is 7.78. The fraction of sp³-hybridized carbons (Fsp3) is 0. The van der Waals surface area contributed by atoms with E-state index in [2.05, 4.69) is 17.8 Å². The van der Waals surface area contributed by atoms with Crippen molar-refractivity contribution < 1.29 is 5.48 Å². The van der Waals surface area contributed by atoms with E-state index in [1.165, 1.54) is 3.97 Å². The van der Waals surface area contributed by atoms with Gasteiger partial charge < -0.3 is 11.2 Å². The Morgan fingerprint density at radius 3 is 2.50 bits per heavy atom. The molecular weight excluding hydrogens is 126 g/mol. The van der Waals surface area contributed by atoms with Crippen LogP contribution in [0.3, 0.4) is 0 Å². The van der Waals surface area contributed by atoms with Crippen molar-refractivity contribution in [1.82, 2.24) is 8.96 Å². The molecule has 0 aliphatic rings. The first kappa shape index (κ1) is 7.32. The maximum absolute atomic E-state index is 5.22. The number of aromatic nitrogens is 2. The Hall–Kier alpha value is -0.680. The maximum Gasteiger partial charge on any atom is 0.210 e. The van der Waals surface area contributed by atoms with Crippen LogP contribution < -0.4 is 5.73 Å². The molecule has 0 bridgehead atoms. The maximum atomic E-state index is 5.22. The summed E-state index contributed by atoms with van der Waals surface area (Å²) in [4.78, 5) is 3.68. The van der Waals surface area contributed by atoms with Crippen molar-refractivity contribution in [2.75, 3.05) is 5.73 Å². The summed E-state index contributed by atoms with van der Waals surface area (Å²) in [6, 6.07) is 0. The van der Waals surface area contributed by atoms with Gasteiger partial charge in [0.1, 0.15) is 0 Å². The van der Waals surface area contributed by atoms with Crippen molar-refractivity contribution in [3.63, 3.8) is 0 Å². The molecule has 1 heterocycles. The summed E-state index contributed by atoms with van der Waals surface area (Å²) in [5, 5.41) is 0. The number of imidazole rings is 1. The predicted octanol–water partition coefficient (Wildman–Crippen LogP) is -0.667. The van der Waals surface area contributed by atoms with Gasteiger partial charge in [-0.15, -0.1) is 0 Å². The number of hydrogen-bond donors (Lipinski definition) is 2. The van der Waals surface area contributed by atoms with Crippen molar-refractivity contribution >= 4 is 18.8 Å². The van der Waals surface area contributed by atoms with Crippen LogP contribution in [0.4, 0.5) is 5.95 Å². The molecular formula is C3H7N3OS. The Morgan fingerprint density at radius 1 is 1.75 bits per heavy atom. The summed E-state index contributed by atoms with van der Waals surface area (Å²) in [6.07, 6.45) is 3.25. The second-order valence-corrected chi connectivity index (χ2v) is 1.56. The molecule has 0 saturated heterocycles. The Morgan fingerprint density at radius 2 is 2.38 bits per heavy atom. The van der Waals surface area contributed by atoms with Crippen LogP contribution in [0, 0.1) is 0 Å². The molecule has 0 fully saturated rings. The normalized spacial score (nSPS) is 8.12. The van der Waals surface area contributed by atoms with Gasteiger partial charge >= 0.3 is 0 Å². The number of nitrogens with two attached hydrogens (primary N) is 1. The van der Waals surface area contributed by atoms with Gasteiger partial charge in [0.25, 0.3) is 0 Å². The number of nitrogen functional groups attached to an aromatic ring is 1. The van der Waals surface area contributed by atoms with Gasteiger partial charge in [0.15, 0.2) is 0 Å². The van der Waals surface area contributed by atoms with Gasteiger partial charge in [0.05, 0.1) is 0 Å². The third kappa shape index (κ3) is 1.14. The highest BCUT2D eigenvalue weighted by Crippen LogP contribution is 1.97. The first-order chi connectivity index (χ1) is 3.30. The second kappa shape index (κ2) is 2.58. The zero-order valence-electron chi connectivity index (χ0n) is 4.07. The number of anilines is 1. The summed E-state index contributed by atoms with van der Waals surface area (Å²) in [5.41, 5.74) is 5.22. The molecule has 0 radical (unpaired) electrons. The molecule has 8 heavy (non-hydrogen) atoms. The first-order valence-corrected chi connectivity index (χ1v) is 2.19. The first-order valence-electron chi connectivity index (χ1n) is 1.79. The van der Waals surface area contributed by atoms with Gasteiger partial charge in [-0.25, -0.2) is 4.98 Å². The molecule has 0 unspecified atom stereocenters. The largest absolute Gasteiger partial charge is 0.412 e. The van der Waals surface area contributed by atoms with Gasteiger partial charge in [0.2, 0.25) is 5.95 Å². The fourth-order valence-electron chi connectivity index (χ4n) is 0.308. The van der Waals surface area contributed by atoms with Gasteiger partial charge in [-0.1, -0.05) is 12.8 Å². The smallest absolute Gasteiger partial charge is 0.210 e. The molecule has 1 rings (SSSR count). The highest BCUT2D eigenvalue weighted by atomic mass is 32.1. The molecule has 0 spiro atoms. The van der Waals surface area contributed by atoms with E-state index in [4.69, 9.17) is 5.73 Å². The molecule has 4 nitrogen and oxygen atoms in total. The molecule has 0 atom stereocenters. The van der Waals surface area contributed by atoms with E-state index in [0.717, 1.165) is 0 Å². The van der Waals surface area contributed by atoms with Crippen LogP contribution in [0.2, 0.25) is 0 Å². The molecule has 5 heteroatoms. The number of nitrogens with zero attached hydrogens (tertiary/aromatic N) is 2. The van der Waals surface area contributed by atoms with Gasteiger partial charge in [0, 0.05) is 12.4 Å². The molecule has 46 valence electrons. The molecule has 0 saturated carbocycles. The molecule has 4 N–H and O–H groups in total. The van der Waals surface area contributed by atoms with Crippen LogP contribution in [-0.4, -0.2) is 14.4 Å². The lowest BCUT2D eigenvalue weighted by Gasteiger charge is -1.85. The average molecular weight is 133 g/mol. The lowest BCUT2D eigenvalue weighted by Crippen LogP contribution is -1.90. The van der Waals surface area contributed by atoms with Crippen LogP contribution in [0.15, 0.2) is 12.4 Å². The van der Waals surface area contributed by atoms with Gasteiger partial charge in [-0.3, -0.25) is 3.97 Å². The van der Waals surface area contributed by atoms with Crippen LogP contribution in [0.1, 0.15) is 0 Å². The van der Waals surface area contributed by atoms with Crippen LogP contribution in [0.25, 0.3) is 0 Å². The predicted molar refractivity (Wildman–Crippen MR) is 34.6 cm³/mol. The summed E-state index contributed by atoms with van der Waals surface area (Å²) in [5.74, 6) is 0.420. The van der Waals surface area contributed by atoms with E-state index >= 15 is 0 Å².